The quantitative estimate of drug-likeness (QED) is 0.412. The number of rotatable bonds is 9. The molecule has 2 saturated carbocycles. The lowest BCUT2D eigenvalue weighted by Crippen LogP contribution is -2.52. The molecular weight excluding hydrogens is 394 g/mol. The van der Waals surface area contributed by atoms with Crippen LogP contribution in [0.4, 0.5) is 0 Å². The van der Waals surface area contributed by atoms with Gasteiger partial charge in [-0.15, -0.1) is 0 Å². The van der Waals surface area contributed by atoms with Gasteiger partial charge in [0, 0.05) is 17.5 Å². The highest BCUT2D eigenvalue weighted by atomic mass is 32.2. The predicted molar refractivity (Wildman–Crippen MR) is 111 cm³/mol. The van der Waals surface area contributed by atoms with Crippen molar-refractivity contribution in [1.29, 1.82) is 0 Å². The zero-order valence-electron chi connectivity index (χ0n) is 18.9. The third-order valence-electron chi connectivity index (χ3n) is 7.00. The van der Waals surface area contributed by atoms with Gasteiger partial charge in [-0.3, -0.25) is 9.59 Å². The number of carbonyl (C=O) groups is 2. The maximum absolute atomic E-state index is 13.4. The van der Waals surface area contributed by atoms with Crippen LogP contribution in [0.15, 0.2) is 0 Å². The van der Waals surface area contributed by atoms with Crippen molar-refractivity contribution in [2.45, 2.75) is 92.3 Å². The zero-order valence-corrected chi connectivity index (χ0v) is 19.7. The molecular formula is C21H37NO6S. The van der Waals surface area contributed by atoms with Gasteiger partial charge in [-0.05, 0) is 65.2 Å². The van der Waals surface area contributed by atoms with E-state index in [-0.39, 0.29) is 29.9 Å². The van der Waals surface area contributed by atoms with E-state index in [4.69, 9.17) is 9.47 Å². The van der Waals surface area contributed by atoms with E-state index in [2.05, 4.69) is 13.8 Å². The van der Waals surface area contributed by atoms with Crippen molar-refractivity contribution < 1.29 is 27.5 Å². The lowest BCUT2D eigenvalue weighted by molar-refractivity contribution is -0.162. The molecule has 2 fully saturated rings. The Bertz CT molecular complexity index is 721. The highest BCUT2D eigenvalue weighted by Gasteiger charge is 2.67. The van der Waals surface area contributed by atoms with Crippen LogP contribution in [-0.4, -0.2) is 55.2 Å². The number of nitrogens with zero attached hydrogens (tertiary/aromatic N) is 1. The van der Waals surface area contributed by atoms with Gasteiger partial charge in [-0.25, -0.2) is 8.42 Å². The minimum Gasteiger partial charge on any atom is -0.466 e. The molecule has 0 aliphatic heterocycles. The molecule has 0 aromatic rings. The Morgan fingerprint density at radius 1 is 1.10 bits per heavy atom. The molecule has 0 aromatic heterocycles. The Morgan fingerprint density at radius 2 is 1.69 bits per heavy atom. The first-order valence-corrected chi connectivity index (χ1v) is 12.3. The van der Waals surface area contributed by atoms with Crippen LogP contribution in [0.2, 0.25) is 0 Å². The number of sulfonamides is 1. The van der Waals surface area contributed by atoms with Crippen molar-refractivity contribution in [2.24, 2.45) is 16.7 Å². The second-order valence-electron chi connectivity index (χ2n) is 9.58. The molecule has 0 unspecified atom stereocenters. The lowest BCUT2D eigenvalue weighted by Gasteiger charge is -2.43. The average molecular weight is 432 g/mol. The second kappa shape index (κ2) is 8.53. The Kier molecular flexibility index (Phi) is 7.10. The van der Waals surface area contributed by atoms with Crippen molar-refractivity contribution >= 4 is 22.0 Å². The molecule has 0 aromatic carbocycles. The molecule has 0 radical (unpaired) electrons. The van der Waals surface area contributed by atoms with Gasteiger partial charge >= 0.3 is 11.9 Å². The SMILES string of the molecule is CCOC(=O)CC(=O)O[C@@H]1C[C@H]2CC[C@]1(CS(=O)(=O)N(C(C)C)C(C)C)C2(C)C. The number of ether oxygens (including phenoxy) is 2. The van der Waals surface area contributed by atoms with E-state index in [0.29, 0.717) is 18.8 Å². The molecule has 0 spiro atoms. The van der Waals surface area contributed by atoms with E-state index in [0.717, 1.165) is 6.42 Å². The maximum atomic E-state index is 13.4. The van der Waals surface area contributed by atoms with E-state index < -0.39 is 39.9 Å². The minimum atomic E-state index is -3.57. The Morgan fingerprint density at radius 3 is 2.17 bits per heavy atom. The summed E-state index contributed by atoms with van der Waals surface area (Å²) in [4.78, 5) is 24.0. The number of hydrogen-bond acceptors (Lipinski definition) is 6. The van der Waals surface area contributed by atoms with Crippen LogP contribution in [0.5, 0.6) is 0 Å². The molecule has 8 heteroatoms. The molecule has 2 bridgehead atoms. The Hall–Kier alpha value is -1.15. The molecule has 2 aliphatic carbocycles. The molecule has 0 heterocycles. The van der Waals surface area contributed by atoms with Crippen molar-refractivity contribution in [1.82, 2.24) is 4.31 Å². The lowest BCUT2D eigenvalue weighted by atomic mass is 9.69. The standard InChI is InChI=1S/C21H37NO6S/c1-8-27-18(23)12-19(24)28-17-11-16-9-10-21(17,20(16,6)7)13-29(25,26)22(14(2)3)15(4)5/h14-17H,8-13H2,1-7H3/t16-,17-,21-/m1/s1. The minimum absolute atomic E-state index is 0.0444. The molecule has 168 valence electrons. The van der Waals surface area contributed by atoms with Gasteiger partial charge in [0.1, 0.15) is 12.5 Å². The first-order valence-electron chi connectivity index (χ1n) is 10.6. The van der Waals surface area contributed by atoms with Gasteiger partial charge in [0.05, 0.1) is 12.4 Å². The van der Waals surface area contributed by atoms with E-state index in [1.165, 1.54) is 0 Å². The highest BCUT2D eigenvalue weighted by molar-refractivity contribution is 7.89. The van der Waals surface area contributed by atoms with Crippen LogP contribution in [0.3, 0.4) is 0 Å². The molecule has 0 saturated heterocycles. The fourth-order valence-electron chi connectivity index (χ4n) is 5.67. The van der Waals surface area contributed by atoms with Crippen molar-refractivity contribution in [3.8, 4) is 0 Å². The summed E-state index contributed by atoms with van der Waals surface area (Å²) in [6.07, 6.45) is 1.32. The molecule has 29 heavy (non-hydrogen) atoms. The van der Waals surface area contributed by atoms with Gasteiger partial charge in [0.2, 0.25) is 10.0 Å². The molecule has 2 rings (SSSR count). The number of fused-ring (bicyclic) bond motifs is 2. The average Bonchev–Trinajstić information content (AvgIpc) is 2.87. The molecule has 0 N–H and O–H groups in total. The van der Waals surface area contributed by atoms with Crippen LogP contribution < -0.4 is 0 Å². The highest BCUT2D eigenvalue weighted by Crippen LogP contribution is 2.67. The van der Waals surface area contributed by atoms with Crippen LogP contribution in [-0.2, 0) is 29.1 Å². The van der Waals surface area contributed by atoms with Gasteiger partial charge in [0.15, 0.2) is 0 Å². The van der Waals surface area contributed by atoms with Gasteiger partial charge < -0.3 is 9.47 Å². The number of hydrogen-bond donors (Lipinski definition) is 0. The van der Waals surface area contributed by atoms with E-state index >= 15 is 0 Å². The zero-order chi connectivity index (χ0) is 22.2. The summed E-state index contributed by atoms with van der Waals surface area (Å²) in [5.41, 5.74) is -0.919. The van der Waals surface area contributed by atoms with Gasteiger partial charge in [0.25, 0.3) is 0 Å². The number of carbonyl (C=O) groups excluding carboxylic acids is 2. The summed E-state index contributed by atoms with van der Waals surface area (Å²) < 4.78 is 39.0. The fourth-order valence-corrected chi connectivity index (χ4v) is 8.46. The first kappa shape index (κ1) is 24.1. The van der Waals surface area contributed by atoms with Crippen molar-refractivity contribution in [3.05, 3.63) is 0 Å². The Balaban J connectivity index is 2.29. The second-order valence-corrected chi connectivity index (χ2v) is 11.5. The fraction of sp³-hybridized carbons (Fsp3) is 0.905. The third-order valence-corrected chi connectivity index (χ3v) is 9.37. The van der Waals surface area contributed by atoms with E-state index in [1.54, 1.807) is 11.2 Å². The van der Waals surface area contributed by atoms with Crippen molar-refractivity contribution in [2.75, 3.05) is 12.4 Å². The number of esters is 2. The monoisotopic (exact) mass is 431 g/mol. The topological polar surface area (TPSA) is 90.0 Å². The smallest absolute Gasteiger partial charge is 0.317 e. The largest absolute Gasteiger partial charge is 0.466 e. The van der Waals surface area contributed by atoms with Crippen LogP contribution >= 0.6 is 0 Å². The normalized spacial score (nSPS) is 28.3. The Labute approximate surface area is 175 Å². The predicted octanol–water partition coefficient (Wildman–Crippen LogP) is 3.13. The van der Waals surface area contributed by atoms with Crippen LogP contribution in [0, 0.1) is 16.7 Å². The van der Waals surface area contributed by atoms with Gasteiger partial charge in [-0.1, -0.05) is 13.8 Å². The summed E-state index contributed by atoms with van der Waals surface area (Å²) in [6, 6.07) is -0.300. The molecule has 0 amide bonds. The first-order chi connectivity index (χ1) is 13.3. The maximum Gasteiger partial charge on any atom is 0.317 e. The summed E-state index contributed by atoms with van der Waals surface area (Å²) in [5, 5.41) is 0. The summed E-state index contributed by atoms with van der Waals surface area (Å²) in [5.74, 6) is -1.01. The van der Waals surface area contributed by atoms with E-state index in [9.17, 15) is 18.0 Å². The summed E-state index contributed by atoms with van der Waals surface area (Å²) in [6.45, 7) is 13.6. The third kappa shape index (κ3) is 4.48. The summed E-state index contributed by atoms with van der Waals surface area (Å²) in [7, 11) is -3.57. The summed E-state index contributed by atoms with van der Waals surface area (Å²) >= 11 is 0. The van der Waals surface area contributed by atoms with E-state index in [1.807, 2.05) is 27.7 Å². The van der Waals surface area contributed by atoms with Crippen LogP contribution in [0.1, 0.15) is 74.1 Å². The van der Waals surface area contributed by atoms with Gasteiger partial charge in [-0.2, -0.15) is 4.31 Å². The van der Waals surface area contributed by atoms with Crippen molar-refractivity contribution in [3.63, 3.8) is 0 Å². The molecule has 3 atom stereocenters. The molecule has 2 aliphatic rings. The van der Waals surface area contributed by atoms with Crippen LogP contribution in [0.25, 0.3) is 0 Å². The molecule has 7 nitrogen and oxygen atoms in total.